The van der Waals surface area contributed by atoms with Gasteiger partial charge in [0.2, 0.25) is 5.88 Å². The molecule has 29 heavy (non-hydrogen) atoms. The first-order valence-electron chi connectivity index (χ1n) is 9.09. The van der Waals surface area contributed by atoms with Gasteiger partial charge in [0, 0.05) is 5.69 Å². The highest BCUT2D eigenvalue weighted by Gasteiger charge is 2.39. The third-order valence-electron chi connectivity index (χ3n) is 4.46. The van der Waals surface area contributed by atoms with E-state index in [-0.39, 0.29) is 29.4 Å². The van der Waals surface area contributed by atoms with Crippen molar-refractivity contribution < 1.29 is 23.5 Å². The molecule has 3 rings (SSSR count). The second-order valence-corrected chi connectivity index (χ2v) is 6.38. The monoisotopic (exact) mass is 396 g/mol. The summed E-state index contributed by atoms with van der Waals surface area (Å²) in [4.78, 5) is 25.7. The molecule has 0 bridgehead atoms. The Balaban J connectivity index is 2.08. The van der Waals surface area contributed by atoms with Gasteiger partial charge in [0.1, 0.15) is 17.1 Å². The lowest BCUT2D eigenvalue weighted by Gasteiger charge is -2.29. The molecule has 1 aliphatic rings. The van der Waals surface area contributed by atoms with Gasteiger partial charge in [-0.05, 0) is 43.7 Å². The molecule has 0 saturated carbocycles. The van der Waals surface area contributed by atoms with Crippen LogP contribution in [0.25, 0.3) is 0 Å². The van der Waals surface area contributed by atoms with Gasteiger partial charge in [-0.15, -0.1) is 0 Å². The van der Waals surface area contributed by atoms with Crippen molar-refractivity contribution in [2.24, 2.45) is 5.73 Å². The van der Waals surface area contributed by atoms with Gasteiger partial charge in [-0.3, -0.25) is 4.79 Å². The normalized spacial score (nSPS) is 16.3. The van der Waals surface area contributed by atoms with E-state index in [9.17, 15) is 14.0 Å². The number of benzene rings is 2. The van der Waals surface area contributed by atoms with Crippen molar-refractivity contribution in [1.29, 1.82) is 0 Å². The number of hydrogen-bond donors (Lipinski definition) is 2. The minimum absolute atomic E-state index is 0.00210. The first-order valence-corrected chi connectivity index (χ1v) is 9.09. The van der Waals surface area contributed by atoms with Crippen LogP contribution in [0.5, 0.6) is 0 Å². The van der Waals surface area contributed by atoms with Crippen molar-refractivity contribution in [2.45, 2.75) is 19.8 Å². The predicted molar refractivity (Wildman–Crippen MR) is 106 cm³/mol. The van der Waals surface area contributed by atoms with Crippen molar-refractivity contribution >= 4 is 17.6 Å². The number of hydrogen-bond acceptors (Lipinski definition) is 5. The average molecular weight is 396 g/mol. The molecule has 1 amide bonds. The average Bonchev–Trinajstić information content (AvgIpc) is 2.68. The molecule has 7 heteroatoms. The van der Waals surface area contributed by atoms with Crippen LogP contribution in [0.3, 0.4) is 0 Å². The molecule has 0 unspecified atom stereocenters. The fourth-order valence-electron chi connectivity index (χ4n) is 3.19. The summed E-state index contributed by atoms with van der Waals surface area (Å²) < 4.78 is 24.1. The Morgan fingerprint density at radius 3 is 2.38 bits per heavy atom. The van der Waals surface area contributed by atoms with Crippen molar-refractivity contribution in [3.63, 3.8) is 0 Å². The van der Waals surface area contributed by atoms with E-state index >= 15 is 0 Å². The first kappa shape index (κ1) is 20.1. The number of nitrogens with one attached hydrogen (secondary N) is 1. The van der Waals surface area contributed by atoms with Gasteiger partial charge in [0.25, 0.3) is 5.91 Å². The number of esters is 1. The highest BCUT2D eigenvalue weighted by atomic mass is 19.1. The SMILES string of the molecule is CCOC(=O)C1=C(N)OC(C)=C(C(=O)Nc2ccccc2)[C@@H]1c1ccc(F)cc1. The van der Waals surface area contributed by atoms with Crippen LogP contribution in [-0.4, -0.2) is 18.5 Å². The predicted octanol–water partition coefficient (Wildman–Crippen LogP) is 3.59. The second-order valence-electron chi connectivity index (χ2n) is 6.38. The molecular formula is C22H21FN2O4. The first-order chi connectivity index (χ1) is 13.9. The smallest absolute Gasteiger partial charge is 0.340 e. The van der Waals surface area contributed by atoms with E-state index in [1.807, 2.05) is 6.07 Å². The molecule has 0 spiro atoms. The maximum atomic E-state index is 13.5. The Bertz CT molecular complexity index is 982. The molecule has 2 aromatic carbocycles. The van der Waals surface area contributed by atoms with Gasteiger partial charge in [-0.1, -0.05) is 30.3 Å². The Kier molecular flexibility index (Phi) is 5.97. The van der Waals surface area contributed by atoms with Gasteiger partial charge in [-0.2, -0.15) is 0 Å². The van der Waals surface area contributed by atoms with Crippen molar-refractivity contribution in [1.82, 2.24) is 0 Å². The quantitative estimate of drug-likeness (QED) is 0.754. The van der Waals surface area contributed by atoms with Crippen LogP contribution in [0.15, 0.2) is 77.4 Å². The zero-order valence-electron chi connectivity index (χ0n) is 16.1. The third-order valence-corrected chi connectivity index (χ3v) is 4.46. The molecule has 150 valence electrons. The Morgan fingerprint density at radius 2 is 1.76 bits per heavy atom. The molecule has 1 atom stereocenters. The van der Waals surface area contributed by atoms with Gasteiger partial charge >= 0.3 is 5.97 Å². The van der Waals surface area contributed by atoms with Crippen molar-refractivity contribution in [3.05, 3.63) is 88.8 Å². The van der Waals surface area contributed by atoms with Crippen LogP contribution in [-0.2, 0) is 19.1 Å². The second kappa shape index (κ2) is 8.60. The largest absolute Gasteiger partial charge is 0.462 e. The number of rotatable bonds is 5. The summed E-state index contributed by atoms with van der Waals surface area (Å²) in [6.07, 6.45) is 0. The Labute approximate surface area is 167 Å². The molecule has 0 fully saturated rings. The number of amides is 1. The summed E-state index contributed by atoms with van der Waals surface area (Å²) in [6, 6.07) is 14.4. The van der Waals surface area contributed by atoms with Crippen molar-refractivity contribution in [3.8, 4) is 0 Å². The maximum absolute atomic E-state index is 13.5. The zero-order valence-corrected chi connectivity index (χ0v) is 16.1. The lowest BCUT2D eigenvalue weighted by molar-refractivity contribution is -0.139. The molecule has 1 heterocycles. The number of para-hydroxylation sites is 1. The highest BCUT2D eigenvalue weighted by Crippen LogP contribution is 2.40. The van der Waals surface area contributed by atoms with E-state index in [2.05, 4.69) is 5.32 Å². The van der Waals surface area contributed by atoms with Crippen LogP contribution in [0.1, 0.15) is 25.3 Å². The lowest BCUT2D eigenvalue weighted by Crippen LogP contribution is -2.31. The van der Waals surface area contributed by atoms with E-state index in [4.69, 9.17) is 15.2 Å². The molecule has 0 aliphatic carbocycles. The summed E-state index contributed by atoms with van der Waals surface area (Å²) in [5, 5.41) is 2.79. The molecule has 0 radical (unpaired) electrons. The summed E-state index contributed by atoms with van der Waals surface area (Å²) in [5.74, 6) is -2.36. The zero-order chi connectivity index (χ0) is 21.0. The van der Waals surface area contributed by atoms with Gasteiger partial charge in [-0.25, -0.2) is 9.18 Å². The topological polar surface area (TPSA) is 90.7 Å². The summed E-state index contributed by atoms with van der Waals surface area (Å²) in [5.41, 5.74) is 7.28. The summed E-state index contributed by atoms with van der Waals surface area (Å²) in [6.45, 7) is 3.38. The maximum Gasteiger partial charge on any atom is 0.340 e. The van der Waals surface area contributed by atoms with Gasteiger partial charge in [0.05, 0.1) is 18.1 Å². The number of anilines is 1. The van der Waals surface area contributed by atoms with Crippen LogP contribution in [0.4, 0.5) is 10.1 Å². The van der Waals surface area contributed by atoms with Crippen LogP contribution < -0.4 is 11.1 Å². The van der Waals surface area contributed by atoms with E-state index in [1.165, 1.54) is 24.3 Å². The third kappa shape index (κ3) is 4.29. The number of carbonyl (C=O) groups is 2. The molecule has 2 aromatic rings. The molecular weight excluding hydrogens is 375 g/mol. The number of halogens is 1. The highest BCUT2D eigenvalue weighted by molar-refractivity contribution is 6.08. The molecule has 3 N–H and O–H groups in total. The minimum Gasteiger partial charge on any atom is -0.462 e. The Morgan fingerprint density at radius 1 is 1.10 bits per heavy atom. The fraction of sp³-hybridized carbons (Fsp3) is 0.182. The molecule has 0 saturated heterocycles. The standard InChI is InChI=1S/C22H21FN2O4/c1-3-28-22(27)19-18(14-9-11-15(23)12-10-14)17(13(2)29-20(19)24)21(26)25-16-7-5-4-6-8-16/h4-12,18H,3,24H2,1-2H3,(H,25,26)/t18-/m0/s1. The van der Waals surface area contributed by atoms with Gasteiger partial charge < -0.3 is 20.5 Å². The molecule has 1 aliphatic heterocycles. The number of allylic oxidation sites excluding steroid dienone is 1. The van der Waals surface area contributed by atoms with Crippen LogP contribution in [0.2, 0.25) is 0 Å². The van der Waals surface area contributed by atoms with E-state index in [0.29, 0.717) is 11.3 Å². The van der Waals surface area contributed by atoms with Gasteiger partial charge in [0.15, 0.2) is 0 Å². The lowest BCUT2D eigenvalue weighted by atomic mass is 9.82. The number of nitrogens with two attached hydrogens (primary N) is 1. The fourth-order valence-corrected chi connectivity index (χ4v) is 3.19. The molecule has 0 aromatic heterocycles. The van der Waals surface area contributed by atoms with E-state index < -0.39 is 23.6 Å². The minimum atomic E-state index is -0.868. The number of ether oxygens (including phenoxy) is 2. The van der Waals surface area contributed by atoms with E-state index in [0.717, 1.165) is 0 Å². The molecule has 6 nitrogen and oxygen atoms in total. The van der Waals surface area contributed by atoms with Crippen LogP contribution in [0, 0.1) is 5.82 Å². The Hall–Kier alpha value is -3.61. The van der Waals surface area contributed by atoms with Crippen LogP contribution >= 0.6 is 0 Å². The summed E-state index contributed by atoms with van der Waals surface area (Å²) in [7, 11) is 0. The summed E-state index contributed by atoms with van der Waals surface area (Å²) >= 11 is 0. The van der Waals surface area contributed by atoms with E-state index in [1.54, 1.807) is 38.1 Å². The van der Waals surface area contributed by atoms with Crippen molar-refractivity contribution in [2.75, 3.05) is 11.9 Å². The number of carbonyl (C=O) groups excluding carboxylic acids is 2.